The van der Waals surface area contributed by atoms with Crippen molar-refractivity contribution in [3.63, 3.8) is 0 Å². The van der Waals surface area contributed by atoms with Gasteiger partial charge in [0.2, 0.25) is 0 Å². The number of hydrogen-bond acceptors (Lipinski definition) is 3. The van der Waals surface area contributed by atoms with Crippen LogP contribution in [0, 0.1) is 0 Å². The molecule has 0 saturated heterocycles. The van der Waals surface area contributed by atoms with Gasteiger partial charge in [0.1, 0.15) is 17.1 Å². The normalized spacial score (nSPS) is 15.3. The summed E-state index contributed by atoms with van der Waals surface area (Å²) in [4.78, 5) is 15.2. The van der Waals surface area contributed by atoms with Crippen LogP contribution in [0.4, 0.5) is 0 Å². The lowest BCUT2D eigenvalue weighted by Gasteiger charge is -2.26. The molecule has 0 radical (unpaired) electrons. The topological polar surface area (TPSA) is 69.2 Å². The van der Waals surface area contributed by atoms with Crippen molar-refractivity contribution in [3.05, 3.63) is 106 Å². The first-order valence-electron chi connectivity index (χ1n) is 10.1. The molecule has 3 aromatic carbocycles. The van der Waals surface area contributed by atoms with E-state index in [2.05, 4.69) is 22.3 Å². The Balaban J connectivity index is 1.59. The van der Waals surface area contributed by atoms with E-state index in [1.807, 2.05) is 59.5 Å². The number of carbonyl (C=O) groups excluding carboxylic acids is 1. The third-order valence-electron chi connectivity index (χ3n) is 5.69. The van der Waals surface area contributed by atoms with Crippen LogP contribution in [0.3, 0.4) is 0 Å². The molecule has 0 unspecified atom stereocenters. The molecule has 0 aliphatic carbocycles. The molecule has 2 N–H and O–H groups in total. The molecule has 1 aromatic heterocycles. The molecule has 154 valence electrons. The molecule has 1 aliphatic rings. The van der Waals surface area contributed by atoms with E-state index in [9.17, 15) is 9.90 Å². The Hall–Kier alpha value is -3.57. The smallest absolute Gasteiger partial charge is 0.273 e. The molecular formula is C25H20ClN3O2. The van der Waals surface area contributed by atoms with Gasteiger partial charge in [-0.3, -0.25) is 9.89 Å². The lowest BCUT2D eigenvalue weighted by atomic mass is 9.95. The fourth-order valence-electron chi connectivity index (χ4n) is 4.19. The Morgan fingerprint density at radius 2 is 1.68 bits per heavy atom. The summed E-state index contributed by atoms with van der Waals surface area (Å²) in [5.41, 5.74) is 4.54. The van der Waals surface area contributed by atoms with E-state index in [-0.39, 0.29) is 17.7 Å². The SMILES string of the molecule is O=C1c2[nH]nc(-c3ccccc3O)c2[C@H](c2ccc(Cl)cc2)N1CCc1ccccc1. The number of rotatable bonds is 5. The van der Waals surface area contributed by atoms with Gasteiger partial charge in [-0.2, -0.15) is 5.10 Å². The van der Waals surface area contributed by atoms with E-state index in [0.29, 0.717) is 28.5 Å². The minimum absolute atomic E-state index is 0.0972. The molecule has 31 heavy (non-hydrogen) atoms. The van der Waals surface area contributed by atoms with Gasteiger partial charge < -0.3 is 10.0 Å². The van der Waals surface area contributed by atoms with Gasteiger partial charge in [0.15, 0.2) is 0 Å². The summed E-state index contributed by atoms with van der Waals surface area (Å²) in [6.45, 7) is 0.554. The quantitative estimate of drug-likeness (QED) is 0.456. The summed E-state index contributed by atoms with van der Waals surface area (Å²) >= 11 is 6.12. The molecule has 0 saturated carbocycles. The van der Waals surface area contributed by atoms with Crippen molar-refractivity contribution in [2.75, 3.05) is 6.54 Å². The Kier molecular flexibility index (Phi) is 4.96. The highest BCUT2D eigenvalue weighted by Gasteiger charge is 2.42. The number of amides is 1. The van der Waals surface area contributed by atoms with Crippen molar-refractivity contribution in [3.8, 4) is 17.0 Å². The largest absolute Gasteiger partial charge is 0.507 e. The van der Waals surface area contributed by atoms with Crippen LogP contribution in [-0.2, 0) is 6.42 Å². The number of nitrogens with one attached hydrogen (secondary N) is 1. The number of benzene rings is 3. The molecule has 1 aliphatic heterocycles. The summed E-state index contributed by atoms with van der Waals surface area (Å²) in [6, 6.07) is 24.4. The van der Waals surface area contributed by atoms with Gasteiger partial charge >= 0.3 is 0 Å². The number of para-hydroxylation sites is 1. The summed E-state index contributed by atoms with van der Waals surface area (Å²) in [7, 11) is 0. The monoisotopic (exact) mass is 429 g/mol. The fourth-order valence-corrected chi connectivity index (χ4v) is 4.32. The first-order chi connectivity index (χ1) is 15.1. The van der Waals surface area contributed by atoms with Gasteiger partial charge in [-0.25, -0.2) is 0 Å². The maximum Gasteiger partial charge on any atom is 0.273 e. The zero-order chi connectivity index (χ0) is 21.4. The number of aromatic nitrogens is 2. The van der Waals surface area contributed by atoms with Crippen molar-refractivity contribution in [2.45, 2.75) is 12.5 Å². The summed E-state index contributed by atoms with van der Waals surface area (Å²) in [5, 5.41) is 18.4. The molecule has 1 amide bonds. The van der Waals surface area contributed by atoms with Crippen LogP contribution in [0.2, 0.25) is 5.02 Å². The second-order valence-electron chi connectivity index (χ2n) is 7.57. The number of halogens is 1. The number of nitrogens with zero attached hydrogens (tertiary/aromatic N) is 2. The molecular weight excluding hydrogens is 410 g/mol. The fraction of sp³-hybridized carbons (Fsp3) is 0.120. The second kappa shape index (κ2) is 7.93. The predicted molar refractivity (Wildman–Crippen MR) is 120 cm³/mol. The third kappa shape index (κ3) is 3.47. The average Bonchev–Trinajstić information content (AvgIpc) is 3.33. The van der Waals surface area contributed by atoms with Crippen LogP contribution < -0.4 is 0 Å². The highest BCUT2D eigenvalue weighted by Crippen LogP contribution is 2.44. The first kappa shape index (κ1) is 19.4. The van der Waals surface area contributed by atoms with Crippen LogP contribution in [0.1, 0.15) is 33.2 Å². The number of aromatic hydroxyl groups is 1. The molecule has 5 nitrogen and oxygen atoms in total. The number of H-pyrrole nitrogens is 1. The van der Waals surface area contributed by atoms with E-state index < -0.39 is 0 Å². The molecule has 5 rings (SSSR count). The van der Waals surface area contributed by atoms with Crippen molar-refractivity contribution in [1.29, 1.82) is 0 Å². The summed E-state index contributed by atoms with van der Waals surface area (Å²) < 4.78 is 0. The highest BCUT2D eigenvalue weighted by atomic mass is 35.5. The Bertz CT molecular complexity index is 1240. The number of phenolic OH excluding ortho intramolecular Hbond substituents is 1. The molecule has 4 aromatic rings. The number of carbonyl (C=O) groups is 1. The predicted octanol–water partition coefficient (Wildman–Crippen LogP) is 5.22. The van der Waals surface area contributed by atoms with E-state index >= 15 is 0 Å². The number of aromatic amines is 1. The molecule has 0 spiro atoms. The average molecular weight is 430 g/mol. The summed E-state index contributed by atoms with van der Waals surface area (Å²) in [5.74, 6) is 0.0295. The first-order valence-corrected chi connectivity index (χ1v) is 10.5. The van der Waals surface area contributed by atoms with Gasteiger partial charge in [-0.1, -0.05) is 66.2 Å². The van der Waals surface area contributed by atoms with Crippen molar-refractivity contribution in [1.82, 2.24) is 15.1 Å². The van der Waals surface area contributed by atoms with Gasteiger partial charge in [-0.05, 0) is 41.8 Å². The minimum Gasteiger partial charge on any atom is -0.507 e. The van der Waals surface area contributed by atoms with Crippen LogP contribution in [-0.4, -0.2) is 32.7 Å². The summed E-state index contributed by atoms with van der Waals surface area (Å²) in [6.07, 6.45) is 0.736. The highest BCUT2D eigenvalue weighted by molar-refractivity contribution is 6.30. The standard InChI is InChI=1S/C25H20ClN3O2/c26-18-12-10-17(11-13-18)24-21-22(19-8-4-5-9-20(19)30)27-28-23(21)25(31)29(24)15-14-16-6-2-1-3-7-16/h1-13,24,30H,14-15H2,(H,27,28)/t24-/m0/s1. The van der Waals surface area contributed by atoms with Gasteiger partial charge in [-0.15, -0.1) is 0 Å². The molecule has 2 heterocycles. The minimum atomic E-state index is -0.322. The molecule has 0 bridgehead atoms. The Morgan fingerprint density at radius 1 is 0.968 bits per heavy atom. The zero-order valence-corrected chi connectivity index (χ0v) is 17.4. The lowest BCUT2D eigenvalue weighted by molar-refractivity contribution is 0.0746. The van der Waals surface area contributed by atoms with Crippen LogP contribution >= 0.6 is 11.6 Å². The van der Waals surface area contributed by atoms with Crippen LogP contribution in [0.25, 0.3) is 11.3 Å². The second-order valence-corrected chi connectivity index (χ2v) is 8.00. The van der Waals surface area contributed by atoms with Gasteiger partial charge in [0.05, 0.1) is 6.04 Å². The Morgan fingerprint density at radius 3 is 2.42 bits per heavy atom. The lowest BCUT2D eigenvalue weighted by Crippen LogP contribution is -2.31. The van der Waals surface area contributed by atoms with Crippen molar-refractivity contribution in [2.24, 2.45) is 0 Å². The van der Waals surface area contributed by atoms with E-state index in [0.717, 1.165) is 17.5 Å². The number of phenols is 1. The molecule has 6 heteroatoms. The number of hydrogen-bond donors (Lipinski definition) is 2. The van der Waals surface area contributed by atoms with E-state index in [1.165, 1.54) is 5.56 Å². The van der Waals surface area contributed by atoms with Crippen molar-refractivity contribution < 1.29 is 9.90 Å². The third-order valence-corrected chi connectivity index (χ3v) is 5.94. The van der Waals surface area contributed by atoms with Gasteiger partial charge in [0, 0.05) is 22.7 Å². The maximum atomic E-state index is 13.4. The van der Waals surface area contributed by atoms with E-state index in [4.69, 9.17) is 11.6 Å². The maximum absolute atomic E-state index is 13.4. The Labute approximate surface area is 184 Å². The van der Waals surface area contributed by atoms with Crippen LogP contribution in [0.15, 0.2) is 78.9 Å². The molecule has 0 fully saturated rings. The van der Waals surface area contributed by atoms with E-state index in [1.54, 1.807) is 12.1 Å². The van der Waals surface area contributed by atoms with Crippen molar-refractivity contribution >= 4 is 17.5 Å². The molecule has 1 atom stereocenters. The zero-order valence-electron chi connectivity index (χ0n) is 16.6. The van der Waals surface area contributed by atoms with Crippen LogP contribution in [0.5, 0.6) is 5.75 Å². The van der Waals surface area contributed by atoms with Gasteiger partial charge in [0.25, 0.3) is 5.91 Å². The number of fused-ring (bicyclic) bond motifs is 1.